The molecule has 2 atom stereocenters. The normalized spacial score (nSPS) is 22.8. The zero-order valence-electron chi connectivity index (χ0n) is 12.3. The van der Waals surface area contributed by atoms with Crippen molar-refractivity contribution in [3.8, 4) is 0 Å². The van der Waals surface area contributed by atoms with Crippen molar-refractivity contribution >= 4 is 9.84 Å². The Morgan fingerprint density at radius 1 is 1.45 bits per heavy atom. The lowest BCUT2D eigenvalue weighted by molar-refractivity contribution is 0.414. The summed E-state index contributed by atoms with van der Waals surface area (Å²) < 4.78 is 23.2. The van der Waals surface area contributed by atoms with Crippen LogP contribution in [0.15, 0.2) is 18.5 Å². The van der Waals surface area contributed by atoms with E-state index >= 15 is 0 Å². The Labute approximate surface area is 121 Å². The molecule has 0 bridgehead atoms. The fourth-order valence-corrected chi connectivity index (χ4v) is 4.70. The van der Waals surface area contributed by atoms with Crippen LogP contribution in [0.4, 0.5) is 0 Å². The van der Waals surface area contributed by atoms with Crippen LogP contribution in [0.1, 0.15) is 43.4 Å². The summed E-state index contributed by atoms with van der Waals surface area (Å²) in [6, 6.07) is 2.35. The molecule has 0 aromatic carbocycles. The van der Waals surface area contributed by atoms with Gasteiger partial charge >= 0.3 is 0 Å². The molecule has 0 aliphatic carbocycles. The summed E-state index contributed by atoms with van der Waals surface area (Å²) in [6.45, 7) is 5.12. The molecule has 2 rings (SSSR count). The van der Waals surface area contributed by atoms with Crippen LogP contribution < -0.4 is 5.32 Å². The predicted octanol–water partition coefficient (Wildman–Crippen LogP) is 2.26. The van der Waals surface area contributed by atoms with Gasteiger partial charge in [-0.1, -0.05) is 13.0 Å². The third-order valence-corrected chi connectivity index (χ3v) is 5.67. The van der Waals surface area contributed by atoms with Gasteiger partial charge in [-0.15, -0.1) is 0 Å². The Morgan fingerprint density at radius 3 is 2.85 bits per heavy atom. The number of aromatic nitrogens is 1. The quantitative estimate of drug-likeness (QED) is 0.875. The highest BCUT2D eigenvalue weighted by atomic mass is 32.2. The number of aryl methyl sites for hydroxylation is 1. The van der Waals surface area contributed by atoms with Gasteiger partial charge in [-0.2, -0.15) is 0 Å². The Bertz CT molecular complexity index is 543. The number of sulfone groups is 1. The number of nitrogens with zero attached hydrogens (tertiary/aromatic N) is 1. The molecule has 1 N–H and O–H groups in total. The van der Waals surface area contributed by atoms with Crippen LogP contribution in [0.3, 0.4) is 0 Å². The number of nitrogens with one attached hydrogen (secondary N) is 1. The number of rotatable bonds is 6. The van der Waals surface area contributed by atoms with Crippen LogP contribution in [0.5, 0.6) is 0 Å². The number of hydrogen-bond acceptors (Lipinski definition) is 4. The van der Waals surface area contributed by atoms with E-state index in [0.717, 1.165) is 31.4 Å². The first-order valence-electron chi connectivity index (χ1n) is 7.35. The summed E-state index contributed by atoms with van der Waals surface area (Å²) in [5, 5.41) is 3.53. The second-order valence-corrected chi connectivity index (χ2v) is 8.04. The Hall–Kier alpha value is -0.940. The first-order valence-corrected chi connectivity index (χ1v) is 9.17. The average Bonchev–Trinajstić information content (AvgIpc) is 2.74. The number of pyridine rings is 1. The van der Waals surface area contributed by atoms with E-state index < -0.39 is 9.84 Å². The van der Waals surface area contributed by atoms with Crippen molar-refractivity contribution in [2.45, 2.75) is 39.2 Å². The monoisotopic (exact) mass is 296 g/mol. The molecule has 5 heteroatoms. The smallest absolute Gasteiger partial charge is 0.150 e. The average molecular weight is 296 g/mol. The molecule has 1 fully saturated rings. The molecule has 1 aromatic rings. The fourth-order valence-electron chi connectivity index (χ4n) is 2.82. The van der Waals surface area contributed by atoms with Crippen molar-refractivity contribution in [2.24, 2.45) is 5.92 Å². The molecular weight excluding hydrogens is 272 g/mol. The maximum absolute atomic E-state index is 11.6. The van der Waals surface area contributed by atoms with Gasteiger partial charge in [-0.25, -0.2) is 8.42 Å². The molecule has 2 heterocycles. The molecule has 20 heavy (non-hydrogen) atoms. The SMILES string of the molecule is CCCNC(CC1CCS(=O)(=O)C1)c1cncc(C)c1. The minimum atomic E-state index is -2.80. The van der Waals surface area contributed by atoms with E-state index in [1.807, 2.05) is 19.3 Å². The molecule has 1 saturated heterocycles. The van der Waals surface area contributed by atoms with E-state index in [1.165, 1.54) is 5.56 Å². The van der Waals surface area contributed by atoms with Crippen LogP contribution in [-0.4, -0.2) is 31.5 Å². The highest BCUT2D eigenvalue weighted by Gasteiger charge is 2.30. The molecule has 1 aliphatic rings. The highest BCUT2D eigenvalue weighted by Crippen LogP contribution is 2.29. The maximum atomic E-state index is 11.6. The van der Waals surface area contributed by atoms with Crippen molar-refractivity contribution in [1.82, 2.24) is 10.3 Å². The van der Waals surface area contributed by atoms with Gasteiger partial charge in [0.2, 0.25) is 0 Å². The largest absolute Gasteiger partial charge is 0.310 e. The van der Waals surface area contributed by atoms with Crippen molar-refractivity contribution in [3.05, 3.63) is 29.6 Å². The van der Waals surface area contributed by atoms with E-state index in [-0.39, 0.29) is 12.0 Å². The Morgan fingerprint density at radius 2 is 2.25 bits per heavy atom. The van der Waals surface area contributed by atoms with Gasteiger partial charge in [-0.05, 0) is 49.8 Å². The van der Waals surface area contributed by atoms with Gasteiger partial charge < -0.3 is 5.32 Å². The zero-order valence-corrected chi connectivity index (χ0v) is 13.1. The molecular formula is C15H24N2O2S. The molecule has 1 aromatic heterocycles. The minimum Gasteiger partial charge on any atom is -0.310 e. The standard InChI is InChI=1S/C15H24N2O2S/c1-3-5-17-15(14-7-12(2)9-16-10-14)8-13-4-6-20(18,19)11-13/h7,9-10,13,15,17H,3-6,8,11H2,1-2H3. The minimum absolute atomic E-state index is 0.209. The van der Waals surface area contributed by atoms with Gasteiger partial charge in [-0.3, -0.25) is 4.98 Å². The number of hydrogen-bond donors (Lipinski definition) is 1. The van der Waals surface area contributed by atoms with E-state index in [4.69, 9.17) is 0 Å². The van der Waals surface area contributed by atoms with E-state index in [1.54, 1.807) is 0 Å². The van der Waals surface area contributed by atoms with Gasteiger partial charge in [0, 0.05) is 18.4 Å². The van der Waals surface area contributed by atoms with Crippen LogP contribution in [0.2, 0.25) is 0 Å². The second-order valence-electron chi connectivity index (χ2n) is 5.81. The molecule has 0 saturated carbocycles. The first kappa shape index (κ1) is 15.4. The summed E-state index contributed by atoms with van der Waals surface area (Å²) in [5.74, 6) is 0.968. The predicted molar refractivity (Wildman–Crippen MR) is 81.4 cm³/mol. The summed E-state index contributed by atoms with van der Waals surface area (Å²) >= 11 is 0. The van der Waals surface area contributed by atoms with E-state index in [2.05, 4.69) is 23.3 Å². The third kappa shape index (κ3) is 4.28. The molecule has 2 unspecified atom stereocenters. The topological polar surface area (TPSA) is 59.1 Å². The van der Waals surface area contributed by atoms with Gasteiger partial charge in [0.25, 0.3) is 0 Å². The van der Waals surface area contributed by atoms with E-state index in [0.29, 0.717) is 11.5 Å². The lowest BCUT2D eigenvalue weighted by Crippen LogP contribution is -2.25. The Balaban J connectivity index is 2.08. The maximum Gasteiger partial charge on any atom is 0.150 e. The van der Waals surface area contributed by atoms with Gasteiger partial charge in [0.15, 0.2) is 9.84 Å². The first-order chi connectivity index (χ1) is 9.50. The van der Waals surface area contributed by atoms with Crippen LogP contribution in [-0.2, 0) is 9.84 Å². The van der Waals surface area contributed by atoms with E-state index in [9.17, 15) is 8.42 Å². The van der Waals surface area contributed by atoms with Crippen LogP contribution in [0.25, 0.3) is 0 Å². The molecule has 112 valence electrons. The van der Waals surface area contributed by atoms with Crippen LogP contribution >= 0.6 is 0 Å². The molecule has 1 aliphatic heterocycles. The second kappa shape index (κ2) is 6.68. The van der Waals surface area contributed by atoms with Crippen molar-refractivity contribution in [3.63, 3.8) is 0 Å². The molecule has 0 amide bonds. The fraction of sp³-hybridized carbons (Fsp3) is 0.667. The summed E-state index contributed by atoms with van der Waals surface area (Å²) in [7, 11) is -2.80. The van der Waals surface area contributed by atoms with Crippen molar-refractivity contribution in [1.29, 1.82) is 0 Å². The Kier molecular flexibility index (Phi) is 5.16. The van der Waals surface area contributed by atoms with Crippen molar-refractivity contribution in [2.75, 3.05) is 18.1 Å². The molecule has 0 radical (unpaired) electrons. The van der Waals surface area contributed by atoms with Crippen LogP contribution in [0, 0.1) is 12.8 Å². The summed E-state index contributed by atoms with van der Waals surface area (Å²) in [4.78, 5) is 4.26. The van der Waals surface area contributed by atoms with Gasteiger partial charge in [0.1, 0.15) is 0 Å². The summed E-state index contributed by atoms with van der Waals surface area (Å²) in [6.07, 6.45) is 6.49. The van der Waals surface area contributed by atoms with Gasteiger partial charge in [0.05, 0.1) is 11.5 Å². The third-order valence-electron chi connectivity index (χ3n) is 3.83. The lowest BCUT2D eigenvalue weighted by Gasteiger charge is -2.22. The molecule has 4 nitrogen and oxygen atoms in total. The van der Waals surface area contributed by atoms with Crippen molar-refractivity contribution < 1.29 is 8.42 Å². The lowest BCUT2D eigenvalue weighted by atomic mass is 9.94. The summed E-state index contributed by atoms with van der Waals surface area (Å²) in [5.41, 5.74) is 2.31. The zero-order chi connectivity index (χ0) is 14.6. The molecule has 0 spiro atoms. The highest BCUT2D eigenvalue weighted by molar-refractivity contribution is 7.91.